The van der Waals surface area contributed by atoms with E-state index < -0.39 is 5.97 Å². The Morgan fingerprint density at radius 2 is 2.10 bits per heavy atom. The van der Waals surface area contributed by atoms with Crippen molar-refractivity contribution in [2.75, 3.05) is 19.5 Å². The molecule has 0 spiro atoms. The van der Waals surface area contributed by atoms with Crippen LogP contribution in [-0.4, -0.2) is 35.3 Å². The van der Waals surface area contributed by atoms with Gasteiger partial charge < -0.3 is 19.8 Å². The van der Waals surface area contributed by atoms with Crippen molar-refractivity contribution < 1.29 is 14.3 Å². The maximum Gasteiger partial charge on any atom is 0.360 e. The largest absolute Gasteiger partial charge is 0.464 e. The monoisotopic (exact) mass is 295 g/mol. The molecule has 6 nitrogen and oxygen atoms in total. The molecule has 1 aliphatic rings. The van der Waals surface area contributed by atoms with Gasteiger partial charge in [0, 0.05) is 13.0 Å². The van der Waals surface area contributed by atoms with Crippen LogP contribution in [0.25, 0.3) is 0 Å². The Morgan fingerprint density at radius 3 is 2.71 bits per heavy atom. The van der Waals surface area contributed by atoms with Gasteiger partial charge in [-0.2, -0.15) is 0 Å². The lowest BCUT2D eigenvalue weighted by atomic mass is 9.98. The van der Waals surface area contributed by atoms with Crippen molar-refractivity contribution in [3.63, 3.8) is 0 Å². The first-order chi connectivity index (χ1) is 10.2. The number of hydrogen-bond acceptors (Lipinski definition) is 5. The molecule has 2 N–H and O–H groups in total. The third kappa shape index (κ3) is 3.75. The fourth-order valence-electron chi connectivity index (χ4n) is 2.82. The molecule has 1 aliphatic carbocycles. The van der Waals surface area contributed by atoms with E-state index in [1.54, 1.807) is 0 Å². The topological polar surface area (TPSA) is 79.4 Å². The Hall–Kier alpha value is -1.56. The Morgan fingerprint density at radius 1 is 1.38 bits per heavy atom. The summed E-state index contributed by atoms with van der Waals surface area (Å²) in [5.74, 6) is 0.667. The van der Waals surface area contributed by atoms with Crippen LogP contribution in [0.2, 0.25) is 0 Å². The van der Waals surface area contributed by atoms with Gasteiger partial charge in [-0.05, 0) is 12.8 Å². The van der Waals surface area contributed by atoms with Gasteiger partial charge in [0.1, 0.15) is 11.6 Å². The average molecular weight is 295 g/mol. The molecule has 1 aromatic heterocycles. The highest BCUT2D eigenvalue weighted by atomic mass is 16.5. The molecular formula is C15H25N3O3. The van der Waals surface area contributed by atoms with Crippen LogP contribution in [0.15, 0.2) is 0 Å². The summed E-state index contributed by atoms with van der Waals surface area (Å²) in [5.41, 5.74) is 6.22. The lowest BCUT2D eigenvalue weighted by Gasteiger charge is -2.22. The molecule has 0 saturated heterocycles. The fourth-order valence-corrected chi connectivity index (χ4v) is 2.82. The summed E-state index contributed by atoms with van der Waals surface area (Å²) in [5, 5.41) is 0. The van der Waals surface area contributed by atoms with Gasteiger partial charge in [0.2, 0.25) is 0 Å². The van der Waals surface area contributed by atoms with E-state index in [9.17, 15) is 4.79 Å². The highest BCUT2D eigenvalue weighted by Gasteiger charge is 2.20. The van der Waals surface area contributed by atoms with E-state index in [0.29, 0.717) is 31.5 Å². The number of aryl methyl sites for hydroxylation is 1. The van der Waals surface area contributed by atoms with Crippen molar-refractivity contribution in [2.24, 2.45) is 0 Å². The first-order valence-electron chi connectivity index (χ1n) is 7.72. The van der Waals surface area contributed by atoms with Gasteiger partial charge in [0.05, 0.1) is 19.8 Å². The van der Waals surface area contributed by atoms with Gasteiger partial charge in [-0.25, -0.2) is 9.78 Å². The minimum atomic E-state index is -0.492. The summed E-state index contributed by atoms with van der Waals surface area (Å²) in [4.78, 5) is 15.9. The Bertz CT molecular complexity index is 479. The molecule has 6 heteroatoms. The predicted molar refractivity (Wildman–Crippen MR) is 80.2 cm³/mol. The summed E-state index contributed by atoms with van der Waals surface area (Å²) in [6, 6.07) is 0. The fraction of sp³-hybridized carbons (Fsp3) is 0.733. The van der Waals surface area contributed by atoms with E-state index in [2.05, 4.69) is 4.98 Å². The molecule has 21 heavy (non-hydrogen) atoms. The summed E-state index contributed by atoms with van der Waals surface area (Å²) in [7, 11) is 1.33. The molecule has 0 aromatic carbocycles. The molecule has 2 rings (SSSR count). The smallest absolute Gasteiger partial charge is 0.360 e. The number of nitrogen functional groups attached to an aromatic ring is 1. The Balaban J connectivity index is 1.98. The normalized spacial score (nSPS) is 16.1. The first-order valence-corrected chi connectivity index (χ1v) is 7.72. The van der Waals surface area contributed by atoms with Crippen LogP contribution in [-0.2, 0) is 22.4 Å². The second-order valence-electron chi connectivity index (χ2n) is 5.39. The molecule has 0 atom stereocenters. The zero-order valence-electron chi connectivity index (χ0n) is 12.9. The van der Waals surface area contributed by atoms with E-state index in [4.69, 9.17) is 15.2 Å². The number of nitrogens with zero attached hydrogens (tertiary/aromatic N) is 2. The second kappa shape index (κ2) is 7.45. The number of rotatable bonds is 6. The molecule has 1 fully saturated rings. The Labute approximate surface area is 125 Å². The first kappa shape index (κ1) is 15.8. The molecule has 1 saturated carbocycles. The van der Waals surface area contributed by atoms with Gasteiger partial charge in [-0.3, -0.25) is 0 Å². The van der Waals surface area contributed by atoms with E-state index >= 15 is 0 Å². The SMILES string of the molecule is CCc1nc(C(=O)OC)c(N)n1CCOC1CCCCC1. The van der Waals surface area contributed by atoms with Crippen molar-refractivity contribution in [1.29, 1.82) is 0 Å². The summed E-state index contributed by atoms with van der Waals surface area (Å²) in [6.07, 6.45) is 7.20. The third-order valence-electron chi connectivity index (χ3n) is 4.00. The number of nitrogens with two attached hydrogens (primary N) is 1. The van der Waals surface area contributed by atoms with Crippen LogP contribution in [0.4, 0.5) is 5.82 Å². The van der Waals surface area contributed by atoms with E-state index in [1.165, 1.54) is 26.4 Å². The van der Waals surface area contributed by atoms with Crippen molar-refractivity contribution in [1.82, 2.24) is 9.55 Å². The second-order valence-corrected chi connectivity index (χ2v) is 5.39. The summed E-state index contributed by atoms with van der Waals surface area (Å²) in [6.45, 7) is 3.20. The number of anilines is 1. The maximum atomic E-state index is 11.6. The predicted octanol–water partition coefficient (Wildman–Crippen LogP) is 2.16. The number of esters is 1. The van der Waals surface area contributed by atoms with E-state index in [-0.39, 0.29) is 5.69 Å². The van der Waals surface area contributed by atoms with Crippen LogP contribution in [0.5, 0.6) is 0 Å². The molecule has 0 unspecified atom stereocenters. The minimum absolute atomic E-state index is 0.201. The molecule has 0 aliphatic heterocycles. The lowest BCUT2D eigenvalue weighted by molar-refractivity contribution is 0.0240. The van der Waals surface area contributed by atoms with Crippen molar-refractivity contribution in [2.45, 2.75) is 58.1 Å². The van der Waals surface area contributed by atoms with Crippen LogP contribution in [0.3, 0.4) is 0 Å². The van der Waals surface area contributed by atoms with Crippen molar-refractivity contribution >= 4 is 11.8 Å². The van der Waals surface area contributed by atoms with Crippen LogP contribution < -0.4 is 5.73 Å². The quantitative estimate of drug-likeness (QED) is 0.814. The highest BCUT2D eigenvalue weighted by Crippen LogP contribution is 2.21. The number of aromatic nitrogens is 2. The number of methoxy groups -OCH3 is 1. The Kier molecular flexibility index (Phi) is 5.61. The van der Waals surface area contributed by atoms with Gasteiger partial charge in [-0.1, -0.05) is 26.2 Å². The van der Waals surface area contributed by atoms with Crippen molar-refractivity contribution in [3.8, 4) is 0 Å². The molecule has 0 bridgehead atoms. The highest BCUT2D eigenvalue weighted by molar-refractivity contribution is 5.92. The molecule has 0 radical (unpaired) electrons. The van der Waals surface area contributed by atoms with Crippen LogP contribution in [0, 0.1) is 0 Å². The zero-order valence-corrected chi connectivity index (χ0v) is 12.9. The molecular weight excluding hydrogens is 270 g/mol. The van der Waals surface area contributed by atoms with Gasteiger partial charge >= 0.3 is 5.97 Å². The number of carbonyl (C=O) groups is 1. The number of hydrogen-bond donors (Lipinski definition) is 1. The number of imidazole rings is 1. The molecule has 1 heterocycles. The standard InChI is InChI=1S/C15H25N3O3/c1-3-12-17-13(15(19)20-2)14(16)18(12)9-10-21-11-7-5-4-6-8-11/h11H,3-10,16H2,1-2H3. The van der Waals surface area contributed by atoms with Crippen LogP contribution in [0.1, 0.15) is 55.3 Å². The zero-order chi connectivity index (χ0) is 15.2. The van der Waals surface area contributed by atoms with Gasteiger partial charge in [0.15, 0.2) is 5.69 Å². The molecule has 118 valence electrons. The maximum absolute atomic E-state index is 11.6. The summed E-state index contributed by atoms with van der Waals surface area (Å²) < 4.78 is 12.5. The van der Waals surface area contributed by atoms with Crippen molar-refractivity contribution in [3.05, 3.63) is 11.5 Å². The number of carbonyl (C=O) groups excluding carboxylic acids is 1. The molecule has 0 amide bonds. The van der Waals surface area contributed by atoms with Crippen LogP contribution >= 0.6 is 0 Å². The molecule has 1 aromatic rings. The third-order valence-corrected chi connectivity index (χ3v) is 4.00. The number of ether oxygens (including phenoxy) is 2. The minimum Gasteiger partial charge on any atom is -0.464 e. The average Bonchev–Trinajstić information content (AvgIpc) is 2.84. The van der Waals surface area contributed by atoms with E-state index in [1.807, 2.05) is 11.5 Å². The van der Waals surface area contributed by atoms with Gasteiger partial charge in [0.25, 0.3) is 0 Å². The lowest BCUT2D eigenvalue weighted by Crippen LogP contribution is -2.20. The van der Waals surface area contributed by atoms with E-state index in [0.717, 1.165) is 18.7 Å². The summed E-state index contributed by atoms with van der Waals surface area (Å²) >= 11 is 0. The van der Waals surface area contributed by atoms with Gasteiger partial charge in [-0.15, -0.1) is 0 Å².